The largest absolute Gasteiger partial charge is 0.393 e. The van der Waals surface area contributed by atoms with Gasteiger partial charge >= 0.3 is 0 Å². The molecule has 0 bridgehead atoms. The van der Waals surface area contributed by atoms with Gasteiger partial charge in [-0.3, -0.25) is 4.79 Å². The summed E-state index contributed by atoms with van der Waals surface area (Å²) in [6, 6.07) is 0. The van der Waals surface area contributed by atoms with Crippen LogP contribution in [0.15, 0.2) is 0 Å². The van der Waals surface area contributed by atoms with E-state index < -0.39 is 5.60 Å². The minimum absolute atomic E-state index is 0.0550. The number of Topliss-reactive ketones (excluding diaryl/α,β-unsaturated/α-hetero) is 1. The first kappa shape index (κ1) is 15.9. The Morgan fingerprint density at radius 3 is 2.25 bits per heavy atom. The highest BCUT2D eigenvalue weighted by Gasteiger charge is 2.53. The molecule has 0 spiro atoms. The molecular formula is C16H29NO3. The summed E-state index contributed by atoms with van der Waals surface area (Å²) in [5.41, 5.74) is -1.05. The van der Waals surface area contributed by atoms with Crippen molar-refractivity contribution in [1.82, 2.24) is 4.90 Å². The van der Waals surface area contributed by atoms with Gasteiger partial charge in [-0.2, -0.15) is 0 Å². The van der Waals surface area contributed by atoms with Crippen molar-refractivity contribution in [3.05, 3.63) is 0 Å². The molecule has 0 aromatic heterocycles. The van der Waals surface area contributed by atoms with Crippen LogP contribution in [0.4, 0.5) is 0 Å². The van der Waals surface area contributed by atoms with Crippen molar-refractivity contribution in [3.63, 3.8) is 0 Å². The fourth-order valence-corrected chi connectivity index (χ4v) is 3.69. The number of hydrogen-bond donors (Lipinski definition) is 1. The summed E-state index contributed by atoms with van der Waals surface area (Å²) in [7, 11) is 0. The van der Waals surface area contributed by atoms with Crippen molar-refractivity contribution in [3.8, 4) is 0 Å². The molecule has 0 aromatic carbocycles. The Balaban J connectivity index is 1.96. The van der Waals surface area contributed by atoms with Crippen LogP contribution in [0.25, 0.3) is 0 Å². The lowest BCUT2D eigenvalue weighted by Crippen LogP contribution is -2.45. The zero-order valence-electron chi connectivity index (χ0n) is 13.5. The summed E-state index contributed by atoms with van der Waals surface area (Å²) >= 11 is 0. The fraction of sp³-hybridized carbons (Fsp3) is 0.938. The van der Waals surface area contributed by atoms with Crippen molar-refractivity contribution >= 4 is 5.78 Å². The summed E-state index contributed by atoms with van der Waals surface area (Å²) in [6.45, 7) is 12.4. The molecule has 0 aromatic rings. The second-order valence-corrected chi connectivity index (χ2v) is 7.51. The zero-order chi connectivity index (χ0) is 15.1. The van der Waals surface area contributed by atoms with E-state index in [-0.39, 0.29) is 23.4 Å². The maximum absolute atomic E-state index is 12.5. The number of nitrogens with zero attached hydrogens (tertiary/aromatic N) is 1. The second-order valence-electron chi connectivity index (χ2n) is 7.51. The van der Waals surface area contributed by atoms with Gasteiger partial charge in [0.1, 0.15) is 5.60 Å². The van der Waals surface area contributed by atoms with Gasteiger partial charge in [-0.25, -0.2) is 0 Å². The SMILES string of the molecule is CC(O)C1CCN(CC2C(=O)C(C)(C)OC2(C)C)CC1. The van der Waals surface area contributed by atoms with Crippen LogP contribution >= 0.6 is 0 Å². The average Bonchev–Trinajstić information content (AvgIpc) is 2.48. The van der Waals surface area contributed by atoms with E-state index in [0.29, 0.717) is 5.92 Å². The molecule has 0 radical (unpaired) electrons. The molecule has 0 aliphatic carbocycles. The highest BCUT2D eigenvalue weighted by Crippen LogP contribution is 2.39. The van der Waals surface area contributed by atoms with Gasteiger partial charge in [0, 0.05) is 6.54 Å². The Bertz CT molecular complexity index is 368. The van der Waals surface area contributed by atoms with Gasteiger partial charge in [0.2, 0.25) is 0 Å². The summed E-state index contributed by atoms with van der Waals surface area (Å²) in [4.78, 5) is 14.9. The topological polar surface area (TPSA) is 49.8 Å². The normalized spacial score (nSPS) is 32.5. The predicted octanol–water partition coefficient (Wildman–Crippen LogP) is 1.85. The number of ether oxygens (including phenoxy) is 1. The molecule has 0 amide bonds. The summed E-state index contributed by atoms with van der Waals surface area (Å²) in [5, 5.41) is 9.65. The highest BCUT2D eigenvalue weighted by atomic mass is 16.5. The van der Waals surface area contributed by atoms with Gasteiger partial charge < -0.3 is 14.7 Å². The number of likely N-dealkylation sites (tertiary alicyclic amines) is 1. The van der Waals surface area contributed by atoms with Gasteiger partial charge in [0.05, 0.1) is 17.6 Å². The van der Waals surface area contributed by atoms with Crippen LogP contribution in [0.2, 0.25) is 0 Å². The van der Waals surface area contributed by atoms with Gasteiger partial charge in [-0.1, -0.05) is 0 Å². The van der Waals surface area contributed by atoms with Gasteiger partial charge in [-0.05, 0) is 66.5 Å². The zero-order valence-corrected chi connectivity index (χ0v) is 13.5. The van der Waals surface area contributed by atoms with E-state index >= 15 is 0 Å². The molecule has 2 aliphatic heterocycles. The molecule has 2 heterocycles. The second kappa shape index (κ2) is 5.39. The minimum atomic E-state index is -0.661. The molecule has 2 unspecified atom stereocenters. The molecule has 2 aliphatic rings. The van der Waals surface area contributed by atoms with Crippen LogP contribution in [0.3, 0.4) is 0 Å². The molecule has 2 saturated heterocycles. The number of rotatable bonds is 3. The third kappa shape index (κ3) is 3.07. The monoisotopic (exact) mass is 283 g/mol. The molecule has 4 heteroatoms. The van der Waals surface area contributed by atoms with Crippen molar-refractivity contribution in [2.75, 3.05) is 19.6 Å². The van der Waals surface area contributed by atoms with Gasteiger partial charge in [0.25, 0.3) is 0 Å². The smallest absolute Gasteiger partial charge is 0.171 e. The van der Waals surface area contributed by atoms with Crippen molar-refractivity contribution in [1.29, 1.82) is 0 Å². The Kier molecular flexibility index (Phi) is 4.30. The quantitative estimate of drug-likeness (QED) is 0.859. The Hall–Kier alpha value is -0.450. The number of hydrogen-bond acceptors (Lipinski definition) is 4. The van der Waals surface area contributed by atoms with E-state index in [1.807, 2.05) is 34.6 Å². The van der Waals surface area contributed by atoms with E-state index in [9.17, 15) is 9.90 Å². The van der Waals surface area contributed by atoms with Crippen LogP contribution in [-0.2, 0) is 9.53 Å². The van der Waals surface area contributed by atoms with Crippen LogP contribution in [0, 0.1) is 11.8 Å². The van der Waals surface area contributed by atoms with Gasteiger partial charge in [-0.15, -0.1) is 0 Å². The lowest BCUT2D eigenvalue weighted by atomic mass is 9.84. The molecule has 2 fully saturated rings. The molecule has 2 atom stereocenters. The Morgan fingerprint density at radius 1 is 1.30 bits per heavy atom. The predicted molar refractivity (Wildman–Crippen MR) is 78.6 cm³/mol. The molecule has 0 saturated carbocycles. The first-order chi connectivity index (χ1) is 9.13. The first-order valence-corrected chi connectivity index (χ1v) is 7.78. The van der Waals surface area contributed by atoms with Crippen molar-refractivity contribution < 1.29 is 14.6 Å². The van der Waals surface area contributed by atoms with Crippen molar-refractivity contribution in [2.45, 2.75) is 64.8 Å². The van der Waals surface area contributed by atoms with Crippen LogP contribution in [0.5, 0.6) is 0 Å². The number of piperidine rings is 1. The third-order valence-corrected chi connectivity index (χ3v) is 5.02. The van der Waals surface area contributed by atoms with Gasteiger partial charge in [0.15, 0.2) is 5.78 Å². The lowest BCUT2D eigenvalue weighted by Gasteiger charge is -2.36. The summed E-state index contributed by atoms with van der Waals surface area (Å²) < 4.78 is 5.95. The lowest BCUT2D eigenvalue weighted by molar-refractivity contribution is -0.132. The fourth-order valence-electron chi connectivity index (χ4n) is 3.69. The molecule has 4 nitrogen and oxygen atoms in total. The minimum Gasteiger partial charge on any atom is -0.393 e. The molecular weight excluding hydrogens is 254 g/mol. The summed E-state index contributed by atoms with van der Waals surface area (Å²) in [5.74, 6) is 0.576. The standard InChI is InChI=1S/C16H29NO3/c1-11(18)12-6-8-17(9-7-12)10-13-14(19)16(4,5)20-15(13,2)3/h11-13,18H,6-10H2,1-5H3. The van der Waals surface area contributed by atoms with E-state index in [4.69, 9.17) is 4.74 Å². The highest BCUT2D eigenvalue weighted by molar-refractivity contribution is 5.91. The Labute approximate surface area is 122 Å². The number of ketones is 1. The molecule has 1 N–H and O–H groups in total. The number of aliphatic hydroxyl groups is 1. The van der Waals surface area contributed by atoms with E-state index in [1.54, 1.807) is 0 Å². The number of carbonyl (C=O) groups is 1. The van der Waals surface area contributed by atoms with E-state index in [1.165, 1.54) is 0 Å². The van der Waals surface area contributed by atoms with E-state index in [2.05, 4.69) is 4.90 Å². The number of carbonyl (C=O) groups excluding carboxylic acids is 1. The maximum Gasteiger partial charge on any atom is 0.171 e. The summed E-state index contributed by atoms with van der Waals surface area (Å²) in [6.07, 6.45) is 1.82. The average molecular weight is 283 g/mol. The maximum atomic E-state index is 12.5. The molecule has 116 valence electrons. The van der Waals surface area contributed by atoms with Crippen LogP contribution in [-0.4, -0.2) is 52.7 Å². The van der Waals surface area contributed by atoms with Crippen LogP contribution in [0.1, 0.15) is 47.5 Å². The van der Waals surface area contributed by atoms with Crippen molar-refractivity contribution in [2.24, 2.45) is 11.8 Å². The first-order valence-electron chi connectivity index (χ1n) is 7.78. The number of aliphatic hydroxyl groups excluding tert-OH is 1. The van der Waals surface area contributed by atoms with Crippen LogP contribution < -0.4 is 0 Å². The Morgan fingerprint density at radius 2 is 1.85 bits per heavy atom. The molecule has 2 rings (SSSR count). The molecule has 20 heavy (non-hydrogen) atoms. The van der Waals surface area contributed by atoms with E-state index in [0.717, 1.165) is 32.5 Å². The third-order valence-electron chi connectivity index (χ3n) is 5.02.